The van der Waals surface area contributed by atoms with E-state index in [9.17, 15) is 4.79 Å². The van der Waals surface area contributed by atoms with Crippen molar-refractivity contribution in [1.29, 1.82) is 0 Å². The number of anilines is 1. The van der Waals surface area contributed by atoms with E-state index in [1.54, 1.807) is 12.3 Å². The summed E-state index contributed by atoms with van der Waals surface area (Å²) in [5.74, 6) is -0.153. The minimum Gasteiger partial charge on any atom is -0.399 e. The molecule has 0 atom stereocenters. The molecular weight excluding hydrogens is 447 g/mol. The Balaban J connectivity index is 1.63. The number of carbonyl (C=O) groups excluding carboxylic acids is 1. The van der Waals surface area contributed by atoms with Crippen LogP contribution in [0, 0.1) is 13.8 Å². The molecule has 0 saturated carbocycles. The zero-order chi connectivity index (χ0) is 26.5. The van der Waals surface area contributed by atoms with Crippen molar-refractivity contribution in [1.82, 2.24) is 4.98 Å². The molecule has 1 fully saturated rings. The highest BCUT2D eigenvalue weighted by Crippen LogP contribution is 2.37. The largest absolute Gasteiger partial charge is 0.494 e. The fourth-order valence-electron chi connectivity index (χ4n) is 4.28. The molecule has 0 aliphatic carbocycles. The second kappa shape index (κ2) is 9.17. The Kier molecular flexibility index (Phi) is 6.65. The predicted octanol–water partition coefficient (Wildman–Crippen LogP) is 6.21. The van der Waals surface area contributed by atoms with Crippen LogP contribution in [-0.4, -0.2) is 29.2 Å². The summed E-state index contributed by atoms with van der Waals surface area (Å²) in [6, 6.07) is 16.0. The summed E-state index contributed by atoms with van der Waals surface area (Å²) in [5, 5.41) is 3.06. The molecule has 4 rings (SSSR count). The summed E-state index contributed by atoms with van der Waals surface area (Å²) >= 11 is 0. The van der Waals surface area contributed by atoms with Gasteiger partial charge in [0.05, 0.1) is 11.2 Å². The van der Waals surface area contributed by atoms with E-state index < -0.39 is 18.3 Å². The van der Waals surface area contributed by atoms with Crippen molar-refractivity contribution in [2.24, 2.45) is 0 Å². The molecule has 0 spiro atoms. The molecule has 0 radical (unpaired) electrons. The highest BCUT2D eigenvalue weighted by Gasteiger charge is 2.51. The van der Waals surface area contributed by atoms with Crippen LogP contribution in [0.2, 0.25) is 0 Å². The van der Waals surface area contributed by atoms with Crippen molar-refractivity contribution in [2.45, 2.75) is 78.9 Å². The van der Waals surface area contributed by atoms with Gasteiger partial charge in [0.2, 0.25) is 0 Å². The molecule has 6 heteroatoms. The lowest BCUT2D eigenvalue weighted by Crippen LogP contribution is -2.41. The summed E-state index contributed by atoms with van der Waals surface area (Å²) in [4.78, 5) is 17.5. The summed E-state index contributed by atoms with van der Waals surface area (Å²) in [6.07, 6.45) is 1.69. The van der Waals surface area contributed by atoms with Crippen LogP contribution in [0.25, 0.3) is 11.1 Å². The fraction of sp³-hybridized carbons (Fsp3) is 0.400. The van der Waals surface area contributed by atoms with Crippen molar-refractivity contribution in [3.05, 3.63) is 77.1 Å². The van der Waals surface area contributed by atoms with Crippen LogP contribution >= 0.6 is 0 Å². The molecule has 1 aliphatic rings. The van der Waals surface area contributed by atoms with Crippen molar-refractivity contribution in [3.8, 4) is 11.1 Å². The van der Waals surface area contributed by atoms with Crippen LogP contribution in [0.15, 0.2) is 54.7 Å². The fourth-order valence-corrected chi connectivity index (χ4v) is 4.28. The summed E-state index contributed by atoms with van der Waals surface area (Å²) in [7, 11) is -0.430. The summed E-state index contributed by atoms with van der Waals surface area (Å²) < 4.78 is 12.6. The van der Waals surface area contributed by atoms with Gasteiger partial charge >= 0.3 is 7.12 Å². The lowest BCUT2D eigenvalue weighted by Gasteiger charge is -2.32. The molecule has 188 valence electrons. The van der Waals surface area contributed by atoms with Crippen LogP contribution in [0.4, 0.5) is 5.69 Å². The second-order valence-corrected chi connectivity index (χ2v) is 11.9. The van der Waals surface area contributed by atoms with Gasteiger partial charge in [0, 0.05) is 28.6 Å². The van der Waals surface area contributed by atoms with Gasteiger partial charge in [0.15, 0.2) is 0 Å². The molecule has 1 aromatic heterocycles. The molecule has 2 aromatic carbocycles. The predicted molar refractivity (Wildman–Crippen MR) is 148 cm³/mol. The number of aryl methyl sites for hydroxylation is 2. The summed E-state index contributed by atoms with van der Waals surface area (Å²) in [6.45, 7) is 18.7. The van der Waals surface area contributed by atoms with Gasteiger partial charge in [-0.05, 0) is 88.0 Å². The zero-order valence-electron chi connectivity index (χ0n) is 22.9. The first-order chi connectivity index (χ1) is 16.7. The Morgan fingerprint density at radius 3 is 2.22 bits per heavy atom. The van der Waals surface area contributed by atoms with Crippen molar-refractivity contribution < 1.29 is 14.1 Å². The second-order valence-electron chi connectivity index (χ2n) is 11.9. The zero-order valence-corrected chi connectivity index (χ0v) is 22.9. The highest BCUT2D eigenvalue weighted by atomic mass is 16.7. The van der Waals surface area contributed by atoms with Gasteiger partial charge in [-0.15, -0.1) is 0 Å². The van der Waals surface area contributed by atoms with E-state index in [4.69, 9.17) is 9.31 Å². The number of nitrogens with zero attached hydrogens (tertiary/aromatic N) is 1. The number of benzene rings is 2. The number of carbonyl (C=O) groups is 1. The van der Waals surface area contributed by atoms with E-state index in [0.29, 0.717) is 5.56 Å². The summed E-state index contributed by atoms with van der Waals surface area (Å²) in [5.41, 5.74) is 6.64. The number of aromatic nitrogens is 1. The number of pyridine rings is 1. The lowest BCUT2D eigenvalue weighted by molar-refractivity contribution is 0.00578. The van der Waals surface area contributed by atoms with Gasteiger partial charge in [-0.3, -0.25) is 9.78 Å². The van der Waals surface area contributed by atoms with Crippen molar-refractivity contribution >= 4 is 24.2 Å². The van der Waals surface area contributed by atoms with E-state index in [1.165, 1.54) is 0 Å². The first-order valence-electron chi connectivity index (χ1n) is 12.5. The number of hydrogen-bond acceptors (Lipinski definition) is 4. The minimum absolute atomic E-state index is 0.132. The molecule has 1 saturated heterocycles. The van der Waals surface area contributed by atoms with Gasteiger partial charge in [0.1, 0.15) is 0 Å². The van der Waals surface area contributed by atoms with E-state index in [1.807, 2.05) is 24.3 Å². The topological polar surface area (TPSA) is 60.5 Å². The third-order valence-electron chi connectivity index (χ3n) is 7.22. The quantitative estimate of drug-likeness (QED) is 0.447. The number of amides is 1. The molecule has 1 aliphatic heterocycles. The first kappa shape index (κ1) is 26.1. The van der Waals surface area contributed by atoms with Gasteiger partial charge in [-0.1, -0.05) is 50.6 Å². The van der Waals surface area contributed by atoms with E-state index in [-0.39, 0.29) is 11.3 Å². The van der Waals surface area contributed by atoms with Crippen LogP contribution in [-0.2, 0) is 14.7 Å². The van der Waals surface area contributed by atoms with Gasteiger partial charge in [-0.25, -0.2) is 0 Å². The first-order valence-corrected chi connectivity index (χ1v) is 12.5. The van der Waals surface area contributed by atoms with Gasteiger partial charge in [0.25, 0.3) is 5.91 Å². The van der Waals surface area contributed by atoms with Crippen molar-refractivity contribution in [2.75, 3.05) is 5.32 Å². The highest BCUT2D eigenvalue weighted by molar-refractivity contribution is 6.62. The average Bonchev–Trinajstić information content (AvgIpc) is 3.01. The normalized spacial score (nSPS) is 16.8. The Morgan fingerprint density at radius 1 is 0.917 bits per heavy atom. The number of nitrogens with one attached hydrogen (secondary N) is 1. The van der Waals surface area contributed by atoms with Gasteiger partial charge in [-0.2, -0.15) is 0 Å². The third kappa shape index (κ3) is 5.25. The van der Waals surface area contributed by atoms with Gasteiger partial charge < -0.3 is 14.6 Å². The third-order valence-corrected chi connectivity index (χ3v) is 7.22. The molecule has 0 bridgehead atoms. The van der Waals surface area contributed by atoms with Crippen LogP contribution in [0.1, 0.15) is 75.6 Å². The maximum absolute atomic E-state index is 13.1. The average molecular weight is 484 g/mol. The standard InChI is InChI=1S/C30H37BN2O3/c1-19-14-22(16-23(15-19)31-35-29(6,7)30(8,9)36-31)25-18-24(11-10-20(25)2)33-27(34)21-12-13-32-26(17-21)28(3,4)5/h10-18H,1-9H3,(H,33,34). The molecule has 1 amide bonds. The smallest absolute Gasteiger partial charge is 0.399 e. The van der Waals surface area contributed by atoms with E-state index >= 15 is 0 Å². The molecule has 0 unspecified atom stereocenters. The molecule has 36 heavy (non-hydrogen) atoms. The van der Waals surface area contributed by atoms with E-state index in [0.717, 1.165) is 39.1 Å². The molecule has 1 N–H and O–H groups in total. The Bertz CT molecular complexity index is 1290. The maximum Gasteiger partial charge on any atom is 0.494 e. The number of rotatable bonds is 4. The molecule has 3 aromatic rings. The van der Waals surface area contributed by atoms with Crippen LogP contribution in [0.3, 0.4) is 0 Å². The van der Waals surface area contributed by atoms with Crippen LogP contribution < -0.4 is 10.8 Å². The lowest BCUT2D eigenvalue weighted by atomic mass is 9.77. The van der Waals surface area contributed by atoms with Crippen LogP contribution in [0.5, 0.6) is 0 Å². The molecule has 5 nitrogen and oxygen atoms in total. The SMILES string of the molecule is Cc1cc(B2OC(C)(C)C(C)(C)O2)cc(-c2cc(NC(=O)c3ccnc(C(C)(C)C)c3)ccc2C)c1. The minimum atomic E-state index is -0.430. The Labute approximate surface area is 215 Å². The van der Waals surface area contributed by atoms with E-state index in [2.05, 4.69) is 90.8 Å². The Hall–Kier alpha value is -2.96. The molecular formula is C30H37BN2O3. The monoisotopic (exact) mass is 484 g/mol. The maximum atomic E-state index is 13.1. The van der Waals surface area contributed by atoms with Crippen molar-refractivity contribution in [3.63, 3.8) is 0 Å². The number of hydrogen-bond donors (Lipinski definition) is 1. The Morgan fingerprint density at radius 2 is 1.58 bits per heavy atom. The molecule has 2 heterocycles.